The van der Waals surface area contributed by atoms with Crippen LogP contribution in [0.3, 0.4) is 0 Å². The number of nitrogens with zero attached hydrogens (tertiary/aromatic N) is 2. The van der Waals surface area contributed by atoms with Gasteiger partial charge in [-0.1, -0.05) is 25.7 Å². The quantitative estimate of drug-likeness (QED) is 0.930. The van der Waals surface area contributed by atoms with E-state index in [2.05, 4.69) is 10.4 Å². The summed E-state index contributed by atoms with van der Waals surface area (Å²) >= 11 is 0. The number of amides is 1. The van der Waals surface area contributed by atoms with Gasteiger partial charge in [0.2, 0.25) is 0 Å². The van der Waals surface area contributed by atoms with Crippen LogP contribution in [0.15, 0.2) is 6.20 Å². The predicted octanol–water partition coefficient (Wildman–Crippen LogP) is 2.05. The van der Waals surface area contributed by atoms with Gasteiger partial charge in [0.15, 0.2) is 0 Å². The van der Waals surface area contributed by atoms with E-state index in [4.69, 9.17) is 4.74 Å². The monoisotopic (exact) mass is 303 g/mol. The summed E-state index contributed by atoms with van der Waals surface area (Å²) < 4.78 is 7.66. The zero-order valence-electron chi connectivity index (χ0n) is 13.4. The van der Waals surface area contributed by atoms with Crippen LogP contribution < -0.4 is 5.32 Å². The van der Waals surface area contributed by atoms with Gasteiger partial charge < -0.3 is 10.1 Å². The van der Waals surface area contributed by atoms with Crippen LogP contribution in [0.5, 0.6) is 0 Å². The predicted molar refractivity (Wildman–Crippen MR) is 82.5 cm³/mol. The Kier molecular flexibility index (Phi) is 3.48. The molecule has 0 bridgehead atoms. The number of ether oxygens (including phenoxy) is 1. The third-order valence-corrected chi connectivity index (χ3v) is 5.94. The minimum atomic E-state index is 0.0314. The minimum absolute atomic E-state index is 0.0314. The molecule has 2 aliphatic carbocycles. The Hall–Kier alpha value is -1.36. The summed E-state index contributed by atoms with van der Waals surface area (Å²) in [7, 11) is 1.86. The van der Waals surface area contributed by atoms with Gasteiger partial charge in [0.1, 0.15) is 0 Å². The Balaban J connectivity index is 1.50. The van der Waals surface area contributed by atoms with Gasteiger partial charge in [-0.25, -0.2) is 0 Å². The van der Waals surface area contributed by atoms with Crippen molar-refractivity contribution in [2.75, 3.05) is 6.61 Å². The Morgan fingerprint density at radius 1 is 1.36 bits per heavy atom. The molecule has 1 amide bonds. The fraction of sp³-hybridized carbons (Fsp3) is 0.765. The van der Waals surface area contributed by atoms with Crippen molar-refractivity contribution in [1.82, 2.24) is 15.1 Å². The Morgan fingerprint density at radius 3 is 2.82 bits per heavy atom. The van der Waals surface area contributed by atoms with E-state index in [-0.39, 0.29) is 5.91 Å². The minimum Gasteiger partial charge on any atom is -0.377 e. The third kappa shape index (κ3) is 2.18. The maximum Gasteiger partial charge on any atom is 0.254 e. The second kappa shape index (κ2) is 5.37. The topological polar surface area (TPSA) is 56.2 Å². The lowest BCUT2D eigenvalue weighted by molar-refractivity contribution is -0.0784. The fourth-order valence-corrected chi connectivity index (χ4v) is 4.91. The van der Waals surface area contributed by atoms with Crippen LogP contribution in [0.1, 0.15) is 48.2 Å². The lowest BCUT2D eigenvalue weighted by atomic mass is 9.61. The highest BCUT2D eigenvalue weighted by atomic mass is 16.5. The number of hydrogen-bond acceptors (Lipinski definition) is 3. The first-order valence-electron chi connectivity index (χ1n) is 8.58. The van der Waals surface area contributed by atoms with Gasteiger partial charge in [-0.3, -0.25) is 9.48 Å². The second-order valence-corrected chi connectivity index (χ2v) is 7.21. The van der Waals surface area contributed by atoms with E-state index < -0.39 is 0 Å². The van der Waals surface area contributed by atoms with Crippen LogP contribution >= 0.6 is 0 Å². The number of aromatic nitrogens is 2. The SMILES string of the molecule is Cc1nn(C)cc1C(=O)N[C@@H]1[C@@H]2CCO[C@@H]2[C@@H]1C1CCCC1. The molecule has 0 aromatic carbocycles. The molecule has 22 heavy (non-hydrogen) atoms. The van der Waals surface area contributed by atoms with Gasteiger partial charge in [0.05, 0.1) is 17.4 Å². The molecule has 1 saturated heterocycles. The largest absolute Gasteiger partial charge is 0.377 e. The number of hydrogen-bond donors (Lipinski definition) is 1. The number of rotatable bonds is 3. The van der Waals surface area contributed by atoms with E-state index in [9.17, 15) is 4.79 Å². The van der Waals surface area contributed by atoms with E-state index in [1.165, 1.54) is 25.7 Å². The Labute approximate surface area is 131 Å². The molecule has 120 valence electrons. The standard InChI is InChI=1S/C17H25N3O2/c1-10-13(9-20(2)19-10)17(21)18-15-12-7-8-22-16(12)14(15)11-5-3-4-6-11/h9,11-12,14-16H,3-8H2,1-2H3,(H,18,21)/t12-,14+,15+,16-/m0/s1. The molecule has 2 heterocycles. The van der Waals surface area contributed by atoms with Gasteiger partial charge in [-0.15, -0.1) is 0 Å². The lowest BCUT2D eigenvalue weighted by Gasteiger charge is -2.50. The van der Waals surface area contributed by atoms with Crippen LogP contribution in [0.2, 0.25) is 0 Å². The highest BCUT2D eigenvalue weighted by molar-refractivity contribution is 5.95. The Morgan fingerprint density at radius 2 is 2.14 bits per heavy atom. The maximum absolute atomic E-state index is 12.6. The summed E-state index contributed by atoms with van der Waals surface area (Å²) in [4.78, 5) is 12.6. The highest BCUT2D eigenvalue weighted by Crippen LogP contribution is 2.51. The van der Waals surface area contributed by atoms with Crippen LogP contribution in [0.25, 0.3) is 0 Å². The lowest BCUT2D eigenvalue weighted by Crippen LogP contribution is -2.63. The van der Waals surface area contributed by atoms with Crippen molar-refractivity contribution in [3.63, 3.8) is 0 Å². The van der Waals surface area contributed by atoms with Crippen LogP contribution in [0.4, 0.5) is 0 Å². The van der Waals surface area contributed by atoms with Crippen molar-refractivity contribution in [3.8, 4) is 0 Å². The van der Waals surface area contributed by atoms with E-state index in [1.807, 2.05) is 20.2 Å². The Bertz CT molecular complexity index is 572. The first-order valence-corrected chi connectivity index (χ1v) is 8.58. The molecule has 2 saturated carbocycles. The molecule has 5 heteroatoms. The van der Waals surface area contributed by atoms with Crippen LogP contribution in [0, 0.1) is 24.7 Å². The number of carbonyl (C=O) groups is 1. The molecule has 0 radical (unpaired) electrons. The summed E-state index contributed by atoms with van der Waals surface area (Å²) in [5.74, 6) is 1.81. The molecule has 1 aliphatic heterocycles. The highest BCUT2D eigenvalue weighted by Gasteiger charge is 2.57. The molecule has 5 nitrogen and oxygen atoms in total. The summed E-state index contributed by atoms with van der Waals surface area (Å²) in [6.45, 7) is 2.75. The van der Waals surface area contributed by atoms with Crippen LogP contribution in [-0.4, -0.2) is 34.4 Å². The van der Waals surface area contributed by atoms with Gasteiger partial charge in [-0.05, 0) is 19.3 Å². The van der Waals surface area contributed by atoms with E-state index >= 15 is 0 Å². The number of carbonyl (C=O) groups excluding carboxylic acids is 1. The molecule has 4 atom stereocenters. The summed E-state index contributed by atoms with van der Waals surface area (Å²) in [6.07, 6.45) is 8.57. The van der Waals surface area contributed by atoms with Gasteiger partial charge in [0.25, 0.3) is 5.91 Å². The number of fused-ring (bicyclic) bond motifs is 1. The van der Waals surface area contributed by atoms with Gasteiger partial charge in [-0.2, -0.15) is 5.10 Å². The zero-order valence-corrected chi connectivity index (χ0v) is 13.4. The van der Waals surface area contributed by atoms with Crippen LogP contribution in [-0.2, 0) is 11.8 Å². The number of nitrogens with one attached hydrogen (secondary N) is 1. The van der Waals surface area contributed by atoms with Gasteiger partial charge in [0, 0.05) is 37.7 Å². The van der Waals surface area contributed by atoms with Crippen molar-refractivity contribution in [1.29, 1.82) is 0 Å². The third-order valence-electron chi connectivity index (χ3n) is 5.94. The van der Waals surface area contributed by atoms with E-state index in [0.717, 1.165) is 24.6 Å². The molecule has 3 fully saturated rings. The first-order chi connectivity index (χ1) is 10.6. The van der Waals surface area contributed by atoms with Crippen molar-refractivity contribution >= 4 is 5.91 Å². The molecular formula is C17H25N3O2. The average molecular weight is 303 g/mol. The first kappa shape index (κ1) is 14.2. The molecule has 1 N–H and O–H groups in total. The summed E-state index contributed by atoms with van der Waals surface area (Å²) in [5, 5.41) is 7.59. The van der Waals surface area contributed by atoms with E-state index in [1.54, 1.807) is 4.68 Å². The number of aryl methyl sites for hydroxylation is 2. The zero-order chi connectivity index (χ0) is 15.3. The summed E-state index contributed by atoms with van der Waals surface area (Å²) in [6, 6.07) is 0.294. The molecular weight excluding hydrogens is 278 g/mol. The van der Waals surface area contributed by atoms with Crippen molar-refractivity contribution in [3.05, 3.63) is 17.5 Å². The average Bonchev–Trinajstić information content (AvgIpc) is 3.18. The van der Waals surface area contributed by atoms with Crippen molar-refractivity contribution < 1.29 is 9.53 Å². The molecule has 4 rings (SSSR count). The second-order valence-electron chi connectivity index (χ2n) is 7.21. The smallest absolute Gasteiger partial charge is 0.254 e. The molecule has 3 aliphatic rings. The normalized spacial score (nSPS) is 34.5. The van der Waals surface area contributed by atoms with Crippen molar-refractivity contribution in [2.24, 2.45) is 24.8 Å². The molecule has 0 unspecified atom stereocenters. The summed E-state index contributed by atoms with van der Waals surface area (Å²) in [5.41, 5.74) is 1.51. The molecule has 1 aromatic rings. The van der Waals surface area contributed by atoms with Gasteiger partial charge >= 0.3 is 0 Å². The van der Waals surface area contributed by atoms with E-state index in [0.29, 0.717) is 29.5 Å². The van der Waals surface area contributed by atoms with Crippen molar-refractivity contribution in [2.45, 2.75) is 51.2 Å². The maximum atomic E-state index is 12.6. The fourth-order valence-electron chi connectivity index (χ4n) is 4.91. The molecule has 0 spiro atoms. The molecule has 1 aromatic heterocycles.